The molecule has 7 heteroatoms. The summed E-state index contributed by atoms with van der Waals surface area (Å²) in [4.78, 5) is 32.6. The van der Waals surface area contributed by atoms with Crippen LogP contribution in [0.3, 0.4) is 0 Å². The topological polar surface area (TPSA) is 95.5 Å². The standard InChI is InChI=1S/C9H15FN2O4/c1-4(10)7(13)11-5(2)8(14)12-6(3)9(15)16/h4-6H,1-3H3,(H,11,13)(H,12,14)(H,15,16). The van der Waals surface area contributed by atoms with Crippen molar-refractivity contribution in [1.82, 2.24) is 10.6 Å². The molecule has 0 saturated heterocycles. The molecule has 0 radical (unpaired) electrons. The molecule has 3 unspecified atom stereocenters. The zero-order valence-corrected chi connectivity index (χ0v) is 9.28. The van der Waals surface area contributed by atoms with Crippen molar-refractivity contribution in [2.24, 2.45) is 0 Å². The quantitative estimate of drug-likeness (QED) is 0.594. The number of amides is 2. The van der Waals surface area contributed by atoms with Crippen LogP contribution in [0.25, 0.3) is 0 Å². The van der Waals surface area contributed by atoms with E-state index in [2.05, 4.69) is 10.6 Å². The van der Waals surface area contributed by atoms with Crippen LogP contribution in [0.4, 0.5) is 4.39 Å². The first-order valence-corrected chi connectivity index (χ1v) is 4.73. The van der Waals surface area contributed by atoms with Crippen LogP contribution >= 0.6 is 0 Å². The third kappa shape index (κ3) is 4.72. The molecule has 0 aliphatic heterocycles. The fourth-order valence-electron chi connectivity index (χ4n) is 0.794. The van der Waals surface area contributed by atoms with Gasteiger partial charge in [0.15, 0.2) is 6.17 Å². The Morgan fingerprint density at radius 3 is 1.81 bits per heavy atom. The van der Waals surface area contributed by atoms with Crippen molar-refractivity contribution in [3.63, 3.8) is 0 Å². The Bertz CT molecular complexity index is 293. The fraction of sp³-hybridized carbons (Fsp3) is 0.667. The molecule has 0 spiro atoms. The summed E-state index contributed by atoms with van der Waals surface area (Å²) < 4.78 is 12.5. The van der Waals surface area contributed by atoms with Gasteiger partial charge in [0.1, 0.15) is 12.1 Å². The predicted molar refractivity (Wildman–Crippen MR) is 53.4 cm³/mol. The van der Waals surface area contributed by atoms with Crippen molar-refractivity contribution >= 4 is 17.8 Å². The molecule has 0 fully saturated rings. The molecule has 16 heavy (non-hydrogen) atoms. The summed E-state index contributed by atoms with van der Waals surface area (Å²) in [7, 11) is 0. The monoisotopic (exact) mass is 234 g/mol. The average molecular weight is 234 g/mol. The van der Waals surface area contributed by atoms with Gasteiger partial charge in [-0.1, -0.05) is 0 Å². The van der Waals surface area contributed by atoms with Crippen LogP contribution in [0.5, 0.6) is 0 Å². The van der Waals surface area contributed by atoms with Crippen LogP contribution in [-0.2, 0) is 14.4 Å². The molecule has 2 amide bonds. The number of alkyl halides is 1. The van der Waals surface area contributed by atoms with Gasteiger partial charge in [-0.15, -0.1) is 0 Å². The third-order valence-corrected chi connectivity index (χ3v) is 1.84. The van der Waals surface area contributed by atoms with Crippen molar-refractivity contribution in [1.29, 1.82) is 0 Å². The molecule has 0 aromatic carbocycles. The van der Waals surface area contributed by atoms with E-state index >= 15 is 0 Å². The molecule has 0 saturated carbocycles. The highest BCUT2D eigenvalue weighted by Crippen LogP contribution is 1.91. The molecule has 3 N–H and O–H groups in total. The number of halogens is 1. The van der Waals surface area contributed by atoms with E-state index in [-0.39, 0.29) is 0 Å². The van der Waals surface area contributed by atoms with Gasteiger partial charge >= 0.3 is 5.97 Å². The van der Waals surface area contributed by atoms with Gasteiger partial charge in [0.2, 0.25) is 5.91 Å². The first kappa shape index (κ1) is 14.3. The van der Waals surface area contributed by atoms with E-state index in [0.29, 0.717) is 0 Å². The molecule has 0 bridgehead atoms. The van der Waals surface area contributed by atoms with Gasteiger partial charge in [-0.3, -0.25) is 14.4 Å². The SMILES string of the molecule is CC(F)C(=O)NC(C)C(=O)NC(C)C(=O)O. The maximum absolute atomic E-state index is 12.5. The summed E-state index contributed by atoms with van der Waals surface area (Å²) in [5.74, 6) is -2.78. The number of carboxylic acids is 1. The van der Waals surface area contributed by atoms with Crippen molar-refractivity contribution in [3.05, 3.63) is 0 Å². The number of rotatable bonds is 5. The molecule has 0 rings (SSSR count). The number of carboxylic acid groups (broad SMARTS) is 1. The summed E-state index contributed by atoms with van der Waals surface area (Å²) in [6.07, 6.45) is -1.72. The Morgan fingerprint density at radius 1 is 1.00 bits per heavy atom. The van der Waals surface area contributed by atoms with Crippen molar-refractivity contribution in [3.8, 4) is 0 Å². The smallest absolute Gasteiger partial charge is 0.325 e. The van der Waals surface area contributed by atoms with Crippen molar-refractivity contribution in [2.75, 3.05) is 0 Å². The second-order valence-electron chi connectivity index (χ2n) is 3.41. The highest BCUT2D eigenvalue weighted by Gasteiger charge is 2.22. The van der Waals surface area contributed by atoms with Crippen LogP contribution in [0.15, 0.2) is 0 Å². The van der Waals surface area contributed by atoms with Crippen LogP contribution < -0.4 is 10.6 Å². The number of carbonyl (C=O) groups is 3. The number of aliphatic carboxylic acids is 1. The van der Waals surface area contributed by atoms with E-state index in [4.69, 9.17) is 5.11 Å². The third-order valence-electron chi connectivity index (χ3n) is 1.84. The zero-order chi connectivity index (χ0) is 12.9. The first-order chi connectivity index (χ1) is 7.25. The maximum atomic E-state index is 12.5. The minimum absolute atomic E-state index is 0.677. The van der Waals surface area contributed by atoms with Crippen molar-refractivity contribution in [2.45, 2.75) is 39.0 Å². The van der Waals surface area contributed by atoms with Gasteiger partial charge in [-0.05, 0) is 20.8 Å². The Hall–Kier alpha value is -1.66. The molecule has 0 aliphatic carbocycles. The first-order valence-electron chi connectivity index (χ1n) is 4.73. The predicted octanol–water partition coefficient (Wildman–Crippen LogP) is -0.562. The molecular formula is C9H15FN2O4. The second-order valence-corrected chi connectivity index (χ2v) is 3.41. The van der Waals surface area contributed by atoms with E-state index in [0.717, 1.165) is 6.92 Å². The Balaban J connectivity index is 4.19. The van der Waals surface area contributed by atoms with Gasteiger partial charge in [0.25, 0.3) is 5.91 Å². The zero-order valence-electron chi connectivity index (χ0n) is 9.28. The minimum atomic E-state index is -1.72. The van der Waals surface area contributed by atoms with E-state index < -0.39 is 36.0 Å². The number of carbonyl (C=O) groups excluding carboxylic acids is 2. The molecule has 0 aromatic heterocycles. The van der Waals surface area contributed by atoms with Gasteiger partial charge < -0.3 is 15.7 Å². The molecule has 92 valence electrons. The normalized spacial score (nSPS) is 15.8. The highest BCUT2D eigenvalue weighted by atomic mass is 19.1. The van der Waals surface area contributed by atoms with Gasteiger partial charge in [0, 0.05) is 0 Å². The van der Waals surface area contributed by atoms with E-state index in [1.54, 1.807) is 0 Å². The van der Waals surface area contributed by atoms with E-state index in [1.165, 1.54) is 13.8 Å². The largest absolute Gasteiger partial charge is 0.480 e. The molecule has 3 atom stereocenters. The lowest BCUT2D eigenvalue weighted by atomic mass is 10.2. The molecule has 6 nitrogen and oxygen atoms in total. The van der Waals surface area contributed by atoms with Crippen LogP contribution in [0.1, 0.15) is 20.8 Å². The number of nitrogens with one attached hydrogen (secondary N) is 2. The summed E-state index contributed by atoms with van der Waals surface area (Å²) in [5, 5.41) is 12.8. The lowest BCUT2D eigenvalue weighted by molar-refractivity contribution is -0.141. The molecule has 0 aliphatic rings. The fourth-order valence-corrected chi connectivity index (χ4v) is 0.794. The Kier molecular flexibility index (Phi) is 5.41. The number of hydrogen-bond acceptors (Lipinski definition) is 3. The maximum Gasteiger partial charge on any atom is 0.325 e. The minimum Gasteiger partial charge on any atom is -0.480 e. The van der Waals surface area contributed by atoms with E-state index in [9.17, 15) is 18.8 Å². The van der Waals surface area contributed by atoms with E-state index in [1.807, 2.05) is 0 Å². The summed E-state index contributed by atoms with van der Waals surface area (Å²) in [6, 6.07) is -2.04. The number of hydrogen-bond donors (Lipinski definition) is 3. The summed E-state index contributed by atoms with van der Waals surface area (Å²) in [5.41, 5.74) is 0. The van der Waals surface area contributed by atoms with Gasteiger partial charge in [-0.2, -0.15) is 0 Å². The second kappa shape index (κ2) is 6.04. The highest BCUT2D eigenvalue weighted by molar-refractivity contribution is 5.90. The van der Waals surface area contributed by atoms with Crippen LogP contribution in [0.2, 0.25) is 0 Å². The lowest BCUT2D eigenvalue weighted by Crippen LogP contribution is -2.50. The van der Waals surface area contributed by atoms with Crippen LogP contribution in [0, 0.1) is 0 Å². The van der Waals surface area contributed by atoms with Crippen molar-refractivity contribution < 1.29 is 23.9 Å². The van der Waals surface area contributed by atoms with Gasteiger partial charge in [-0.25, -0.2) is 4.39 Å². The average Bonchev–Trinajstić information content (AvgIpc) is 2.16. The van der Waals surface area contributed by atoms with Crippen LogP contribution in [-0.4, -0.2) is 41.1 Å². The molecule has 0 aromatic rings. The summed E-state index contributed by atoms with van der Waals surface area (Å²) >= 11 is 0. The Labute approximate surface area is 92.2 Å². The Morgan fingerprint density at radius 2 is 1.44 bits per heavy atom. The van der Waals surface area contributed by atoms with Gasteiger partial charge in [0.05, 0.1) is 0 Å². The molecular weight excluding hydrogens is 219 g/mol. The lowest BCUT2D eigenvalue weighted by Gasteiger charge is -2.16. The molecule has 0 heterocycles. The summed E-state index contributed by atoms with van der Waals surface area (Å²) in [6.45, 7) is 3.66.